The molecular weight excluding hydrogens is 220 g/mol. The van der Waals surface area contributed by atoms with Crippen LogP contribution in [0.1, 0.15) is 38.5 Å². The number of nitrogens with zero attached hydrogens (tertiary/aromatic N) is 1. The Morgan fingerprint density at radius 3 is 2.81 bits per heavy atom. The van der Waals surface area contributed by atoms with Gasteiger partial charge in [0.25, 0.3) is 5.56 Å². The van der Waals surface area contributed by atoms with Gasteiger partial charge in [0.2, 0.25) is 0 Å². The van der Waals surface area contributed by atoms with Crippen LogP contribution in [0, 0.1) is 10.7 Å². The highest BCUT2D eigenvalue weighted by molar-refractivity contribution is 7.71. The fourth-order valence-electron chi connectivity index (χ4n) is 2.42. The summed E-state index contributed by atoms with van der Waals surface area (Å²) in [6.07, 6.45) is 9.84. The van der Waals surface area contributed by atoms with E-state index in [4.69, 9.17) is 12.2 Å². The van der Waals surface area contributed by atoms with Crippen LogP contribution in [0.15, 0.2) is 17.1 Å². The SMILES string of the molecule is O=c1ccn(CCC2CCCCC2)c(=S)[nH]1. The first-order chi connectivity index (χ1) is 7.75. The number of aromatic nitrogens is 2. The predicted octanol–water partition coefficient (Wildman–Crippen LogP) is 2.88. The zero-order valence-electron chi connectivity index (χ0n) is 9.45. The van der Waals surface area contributed by atoms with Crippen LogP contribution >= 0.6 is 12.2 Å². The van der Waals surface area contributed by atoms with Gasteiger partial charge in [-0.2, -0.15) is 0 Å². The molecule has 0 aliphatic heterocycles. The van der Waals surface area contributed by atoms with E-state index in [9.17, 15) is 4.79 Å². The van der Waals surface area contributed by atoms with Crippen LogP contribution in [0.25, 0.3) is 0 Å². The molecule has 2 rings (SSSR count). The molecule has 1 aliphatic rings. The van der Waals surface area contributed by atoms with Crippen LogP contribution in [0.5, 0.6) is 0 Å². The maximum Gasteiger partial charge on any atom is 0.251 e. The summed E-state index contributed by atoms with van der Waals surface area (Å²) in [5.41, 5.74) is -0.112. The number of aryl methyl sites for hydroxylation is 1. The molecule has 3 nitrogen and oxygen atoms in total. The molecule has 4 heteroatoms. The highest BCUT2D eigenvalue weighted by Crippen LogP contribution is 2.26. The quantitative estimate of drug-likeness (QED) is 0.822. The molecule has 88 valence electrons. The van der Waals surface area contributed by atoms with Crippen LogP contribution < -0.4 is 5.56 Å². The van der Waals surface area contributed by atoms with Gasteiger partial charge >= 0.3 is 0 Å². The second-order valence-corrected chi connectivity index (χ2v) is 4.98. The van der Waals surface area contributed by atoms with Crippen LogP contribution in [0.3, 0.4) is 0 Å². The van der Waals surface area contributed by atoms with Crippen LogP contribution in [-0.2, 0) is 6.54 Å². The Balaban J connectivity index is 1.93. The van der Waals surface area contributed by atoms with Crippen molar-refractivity contribution in [3.05, 3.63) is 27.4 Å². The predicted molar refractivity (Wildman–Crippen MR) is 67.1 cm³/mol. The van der Waals surface area contributed by atoms with Crippen molar-refractivity contribution in [2.75, 3.05) is 0 Å². The molecular formula is C12H18N2OS. The minimum absolute atomic E-state index is 0.112. The van der Waals surface area contributed by atoms with Gasteiger partial charge in [-0.1, -0.05) is 32.1 Å². The van der Waals surface area contributed by atoms with Gasteiger partial charge in [-0.05, 0) is 24.6 Å². The lowest BCUT2D eigenvalue weighted by Crippen LogP contribution is -2.14. The van der Waals surface area contributed by atoms with E-state index in [1.54, 1.807) is 6.20 Å². The van der Waals surface area contributed by atoms with Gasteiger partial charge in [-0.3, -0.25) is 9.78 Å². The molecule has 1 saturated carbocycles. The molecule has 0 amide bonds. The van der Waals surface area contributed by atoms with Crippen molar-refractivity contribution >= 4 is 12.2 Å². The van der Waals surface area contributed by atoms with Crippen molar-refractivity contribution in [3.63, 3.8) is 0 Å². The Morgan fingerprint density at radius 2 is 2.12 bits per heavy atom. The third kappa shape index (κ3) is 3.04. The topological polar surface area (TPSA) is 37.8 Å². The fraction of sp³-hybridized carbons (Fsp3) is 0.667. The first-order valence-electron chi connectivity index (χ1n) is 6.05. The van der Waals surface area contributed by atoms with Crippen molar-refractivity contribution < 1.29 is 0 Å². The Kier molecular flexibility index (Phi) is 3.93. The van der Waals surface area contributed by atoms with Crippen molar-refractivity contribution in [1.29, 1.82) is 0 Å². The molecule has 0 bridgehead atoms. The number of rotatable bonds is 3. The summed E-state index contributed by atoms with van der Waals surface area (Å²) in [5.74, 6) is 0.850. The second-order valence-electron chi connectivity index (χ2n) is 4.60. The van der Waals surface area contributed by atoms with Crippen molar-refractivity contribution in [3.8, 4) is 0 Å². The average Bonchev–Trinajstić information content (AvgIpc) is 2.29. The normalized spacial score (nSPS) is 17.5. The first kappa shape index (κ1) is 11.6. The molecule has 0 spiro atoms. The minimum Gasteiger partial charge on any atom is -0.325 e. The fourth-order valence-corrected chi connectivity index (χ4v) is 2.67. The van der Waals surface area contributed by atoms with Gasteiger partial charge in [0.05, 0.1) is 0 Å². The highest BCUT2D eigenvalue weighted by Gasteiger charge is 2.12. The number of aromatic amines is 1. The van der Waals surface area contributed by atoms with Gasteiger partial charge < -0.3 is 4.57 Å². The molecule has 0 radical (unpaired) electrons. The Bertz CT molecular complexity index is 443. The summed E-state index contributed by atoms with van der Waals surface area (Å²) >= 11 is 5.11. The lowest BCUT2D eigenvalue weighted by atomic mass is 9.87. The number of H-pyrrole nitrogens is 1. The molecule has 16 heavy (non-hydrogen) atoms. The number of hydrogen-bond donors (Lipinski definition) is 1. The van der Waals surface area contributed by atoms with Crippen molar-refractivity contribution in [1.82, 2.24) is 9.55 Å². The first-order valence-corrected chi connectivity index (χ1v) is 6.46. The monoisotopic (exact) mass is 238 g/mol. The highest BCUT2D eigenvalue weighted by atomic mass is 32.1. The summed E-state index contributed by atoms with van der Waals surface area (Å²) in [6, 6.07) is 1.54. The summed E-state index contributed by atoms with van der Waals surface area (Å²) in [4.78, 5) is 13.7. The van der Waals surface area contributed by atoms with Crippen LogP contribution in [-0.4, -0.2) is 9.55 Å². The summed E-state index contributed by atoms with van der Waals surface area (Å²) in [5, 5.41) is 0. The molecule has 0 atom stereocenters. The zero-order chi connectivity index (χ0) is 11.4. The van der Waals surface area contributed by atoms with Crippen molar-refractivity contribution in [2.24, 2.45) is 5.92 Å². The molecule has 1 aromatic heterocycles. The zero-order valence-corrected chi connectivity index (χ0v) is 10.3. The van der Waals surface area contributed by atoms with Gasteiger partial charge in [0.1, 0.15) is 0 Å². The molecule has 1 aliphatic carbocycles. The maximum atomic E-state index is 11.0. The van der Waals surface area contributed by atoms with Crippen molar-refractivity contribution in [2.45, 2.75) is 45.1 Å². The molecule has 1 fully saturated rings. The average molecular weight is 238 g/mol. The molecule has 0 saturated heterocycles. The van der Waals surface area contributed by atoms with E-state index in [2.05, 4.69) is 4.98 Å². The maximum absolute atomic E-state index is 11.0. The van der Waals surface area contributed by atoms with E-state index < -0.39 is 0 Å². The van der Waals surface area contributed by atoms with E-state index >= 15 is 0 Å². The Hall–Kier alpha value is -0.900. The van der Waals surface area contributed by atoms with Gasteiger partial charge in [-0.25, -0.2) is 0 Å². The van der Waals surface area contributed by atoms with Gasteiger partial charge in [0, 0.05) is 18.8 Å². The number of nitrogens with one attached hydrogen (secondary N) is 1. The van der Waals surface area contributed by atoms with E-state index in [0.29, 0.717) is 4.77 Å². The Labute approximate surface area is 101 Å². The summed E-state index contributed by atoms with van der Waals surface area (Å²) in [6.45, 7) is 0.931. The Morgan fingerprint density at radius 1 is 1.38 bits per heavy atom. The van der Waals surface area contributed by atoms with Gasteiger partial charge in [-0.15, -0.1) is 0 Å². The molecule has 0 aromatic carbocycles. The molecule has 1 N–H and O–H groups in total. The largest absolute Gasteiger partial charge is 0.325 e. The third-order valence-electron chi connectivity index (χ3n) is 3.40. The standard InChI is InChI=1S/C12H18N2OS/c15-11-7-9-14(12(16)13-11)8-6-10-4-2-1-3-5-10/h7,9-10H,1-6,8H2,(H,13,15,16). The van der Waals surface area contributed by atoms with E-state index in [1.807, 2.05) is 4.57 Å². The smallest absolute Gasteiger partial charge is 0.251 e. The third-order valence-corrected chi connectivity index (χ3v) is 3.74. The molecule has 1 heterocycles. The van der Waals surface area contributed by atoms with Crippen LogP contribution in [0.2, 0.25) is 0 Å². The lowest BCUT2D eigenvalue weighted by Gasteiger charge is -2.21. The minimum atomic E-state index is -0.112. The molecule has 1 aromatic rings. The van der Waals surface area contributed by atoms with E-state index in [-0.39, 0.29) is 5.56 Å². The van der Waals surface area contributed by atoms with E-state index in [0.717, 1.165) is 12.5 Å². The van der Waals surface area contributed by atoms with E-state index in [1.165, 1.54) is 44.6 Å². The van der Waals surface area contributed by atoms with Gasteiger partial charge in [0.15, 0.2) is 4.77 Å². The lowest BCUT2D eigenvalue weighted by molar-refractivity contribution is 0.322. The summed E-state index contributed by atoms with van der Waals surface area (Å²) in [7, 11) is 0. The molecule has 0 unspecified atom stereocenters. The number of hydrogen-bond acceptors (Lipinski definition) is 2. The second kappa shape index (κ2) is 5.43. The van der Waals surface area contributed by atoms with Crippen LogP contribution in [0.4, 0.5) is 0 Å². The summed E-state index contributed by atoms with van der Waals surface area (Å²) < 4.78 is 2.51.